The van der Waals surface area contributed by atoms with Crippen molar-refractivity contribution in [2.45, 2.75) is 57.1 Å². The van der Waals surface area contributed by atoms with Gasteiger partial charge >= 0.3 is 0 Å². The number of nitrogens with one attached hydrogen (secondary N) is 1. The quantitative estimate of drug-likeness (QED) is 0.0969. The summed E-state index contributed by atoms with van der Waals surface area (Å²) in [5.74, 6) is -1.24. The molecule has 4 rings (SSSR count). The number of anilines is 1. The van der Waals surface area contributed by atoms with Crippen molar-refractivity contribution in [2.75, 3.05) is 18.0 Å². The summed E-state index contributed by atoms with van der Waals surface area (Å²) in [5, 5.41) is 15.4. The summed E-state index contributed by atoms with van der Waals surface area (Å²) in [7, 11) is -3.42. The maximum absolute atomic E-state index is 14.8. The maximum Gasteiger partial charge on any atom is 0.273 e. The van der Waals surface area contributed by atoms with Gasteiger partial charge in [0.2, 0.25) is 11.8 Å². The van der Waals surface area contributed by atoms with E-state index in [9.17, 15) is 28.1 Å². The lowest BCUT2D eigenvalue weighted by Gasteiger charge is -2.35. The summed E-state index contributed by atoms with van der Waals surface area (Å²) in [6.07, 6.45) is 0.672. The van der Waals surface area contributed by atoms with E-state index in [1.165, 1.54) is 49.3 Å². The van der Waals surface area contributed by atoms with E-state index < -0.39 is 49.9 Å². The normalized spacial score (nSPS) is 12.5. The number of carbonyl (C=O) groups is 2. The fourth-order valence-corrected chi connectivity index (χ4v) is 7.41. The van der Waals surface area contributed by atoms with Crippen LogP contribution in [0.1, 0.15) is 37.0 Å². The molecule has 0 aromatic heterocycles. The van der Waals surface area contributed by atoms with E-state index in [0.29, 0.717) is 12.0 Å². The summed E-state index contributed by atoms with van der Waals surface area (Å²) in [4.78, 5) is 40.8. The Morgan fingerprint density at radius 2 is 1.63 bits per heavy atom. The fraction of sp³-hybridized carbons (Fsp3) is 0.278. The SMILES string of the molecule is CC[C@H](C)NC(=O)[C@H](Cc1ccccc1)N(Cc1c(Cl)cccc1Cl)C(=O)CN(c1cc(Cl)ccc1OC)S(=O)(=O)c1ccc(C)c([N+](=O)[O-])c1. The minimum Gasteiger partial charge on any atom is -0.495 e. The third kappa shape index (κ3) is 9.50. The molecule has 270 valence electrons. The largest absolute Gasteiger partial charge is 0.495 e. The topological polar surface area (TPSA) is 139 Å². The molecule has 0 aliphatic rings. The van der Waals surface area contributed by atoms with Crippen LogP contribution in [0.15, 0.2) is 89.8 Å². The van der Waals surface area contributed by atoms with Crippen LogP contribution >= 0.6 is 34.8 Å². The molecule has 0 fully saturated rings. The van der Waals surface area contributed by atoms with E-state index in [2.05, 4.69) is 5.32 Å². The Morgan fingerprint density at radius 3 is 2.24 bits per heavy atom. The van der Waals surface area contributed by atoms with Crippen molar-refractivity contribution in [1.29, 1.82) is 0 Å². The van der Waals surface area contributed by atoms with Crippen molar-refractivity contribution in [3.05, 3.63) is 127 Å². The van der Waals surface area contributed by atoms with Crippen LogP contribution in [0, 0.1) is 17.0 Å². The van der Waals surface area contributed by atoms with Crippen molar-refractivity contribution >= 4 is 68.0 Å². The Balaban J connectivity index is 1.93. The second-order valence-corrected chi connectivity index (χ2v) is 14.9. The Hall–Kier alpha value is -4.36. The number of nitro benzene ring substituents is 1. The zero-order valence-electron chi connectivity index (χ0n) is 28.3. The van der Waals surface area contributed by atoms with Crippen molar-refractivity contribution in [3.63, 3.8) is 0 Å². The first-order chi connectivity index (χ1) is 24.2. The molecule has 51 heavy (non-hydrogen) atoms. The first kappa shape index (κ1) is 39.4. The molecule has 0 saturated heterocycles. The zero-order valence-corrected chi connectivity index (χ0v) is 31.4. The van der Waals surface area contributed by atoms with Gasteiger partial charge in [0.1, 0.15) is 18.3 Å². The van der Waals surface area contributed by atoms with Crippen molar-refractivity contribution in [3.8, 4) is 5.75 Å². The van der Waals surface area contributed by atoms with E-state index in [0.717, 1.165) is 15.9 Å². The molecule has 11 nitrogen and oxygen atoms in total. The van der Waals surface area contributed by atoms with Crippen LogP contribution in [-0.2, 0) is 32.6 Å². The van der Waals surface area contributed by atoms with Crippen LogP contribution < -0.4 is 14.4 Å². The summed E-state index contributed by atoms with van der Waals surface area (Å²) in [6.45, 7) is 4.07. The smallest absolute Gasteiger partial charge is 0.273 e. The van der Waals surface area contributed by atoms with Gasteiger partial charge < -0.3 is 15.0 Å². The number of hydrogen-bond donors (Lipinski definition) is 1. The first-order valence-corrected chi connectivity index (χ1v) is 18.4. The lowest BCUT2D eigenvalue weighted by molar-refractivity contribution is -0.385. The first-order valence-electron chi connectivity index (χ1n) is 15.9. The van der Waals surface area contributed by atoms with E-state index in [1.807, 2.05) is 32.0 Å². The highest BCUT2D eigenvalue weighted by Gasteiger charge is 2.37. The number of sulfonamides is 1. The molecule has 2 amide bonds. The molecule has 15 heteroatoms. The molecule has 2 atom stereocenters. The highest BCUT2D eigenvalue weighted by atomic mass is 35.5. The molecular formula is C36H37Cl3N4O7S. The molecule has 1 N–H and O–H groups in total. The van der Waals surface area contributed by atoms with Crippen molar-refractivity contribution in [1.82, 2.24) is 10.2 Å². The fourth-order valence-electron chi connectivity index (χ4n) is 5.29. The molecule has 4 aromatic rings. The van der Waals surface area contributed by atoms with Gasteiger partial charge in [0.05, 0.1) is 22.6 Å². The minimum atomic E-state index is -4.73. The summed E-state index contributed by atoms with van der Waals surface area (Å²) in [5.41, 5.74) is 0.770. The number of methoxy groups -OCH3 is 1. The third-order valence-electron chi connectivity index (χ3n) is 8.32. The maximum atomic E-state index is 14.8. The zero-order chi connectivity index (χ0) is 37.5. The number of nitrogens with zero attached hydrogens (tertiary/aromatic N) is 3. The third-order valence-corrected chi connectivity index (χ3v) is 11.0. The second-order valence-electron chi connectivity index (χ2n) is 11.8. The molecule has 0 aliphatic carbocycles. The monoisotopic (exact) mass is 774 g/mol. The van der Waals surface area contributed by atoms with E-state index in [1.54, 1.807) is 30.3 Å². The van der Waals surface area contributed by atoms with Crippen LogP contribution in [-0.4, -0.2) is 55.8 Å². The van der Waals surface area contributed by atoms with Crippen molar-refractivity contribution < 1.29 is 27.7 Å². The summed E-state index contributed by atoms with van der Waals surface area (Å²) < 4.78 is 35.3. The van der Waals surface area contributed by atoms with E-state index in [-0.39, 0.29) is 51.1 Å². The van der Waals surface area contributed by atoms with Gasteiger partial charge in [-0.25, -0.2) is 8.42 Å². The van der Waals surface area contributed by atoms with Crippen LogP contribution in [0.4, 0.5) is 11.4 Å². The molecule has 4 aromatic carbocycles. The second kappa shape index (κ2) is 17.2. The molecule has 0 spiro atoms. The van der Waals surface area contributed by atoms with E-state index in [4.69, 9.17) is 39.5 Å². The number of hydrogen-bond acceptors (Lipinski definition) is 7. The summed E-state index contributed by atoms with van der Waals surface area (Å²) >= 11 is 19.5. The molecule has 0 saturated carbocycles. The Kier molecular flexibility index (Phi) is 13.3. The van der Waals surface area contributed by atoms with E-state index >= 15 is 0 Å². The number of amides is 2. The molecule has 0 aliphatic heterocycles. The summed E-state index contributed by atoms with van der Waals surface area (Å²) in [6, 6.07) is 20.1. The van der Waals surface area contributed by atoms with Gasteiger partial charge in [-0.3, -0.25) is 24.0 Å². The Morgan fingerprint density at radius 1 is 0.961 bits per heavy atom. The predicted molar refractivity (Wildman–Crippen MR) is 199 cm³/mol. The number of halogens is 3. The molecule has 0 bridgehead atoms. The highest BCUT2D eigenvalue weighted by Crippen LogP contribution is 2.36. The van der Waals surface area contributed by atoms with Gasteiger partial charge in [0.15, 0.2) is 0 Å². The van der Waals surface area contributed by atoms with Crippen molar-refractivity contribution in [2.24, 2.45) is 0 Å². The number of ether oxygens (including phenoxy) is 1. The van der Waals surface area contributed by atoms with Gasteiger partial charge in [0.25, 0.3) is 15.7 Å². The molecule has 0 heterocycles. The minimum absolute atomic E-state index is 0.0495. The molecule has 0 unspecified atom stereocenters. The lowest BCUT2D eigenvalue weighted by atomic mass is 10.0. The predicted octanol–water partition coefficient (Wildman–Crippen LogP) is 7.62. The molecule has 0 radical (unpaired) electrons. The van der Waals surface area contributed by atoms with Gasteiger partial charge in [-0.2, -0.15) is 0 Å². The number of benzene rings is 4. The molecular weight excluding hydrogens is 739 g/mol. The highest BCUT2D eigenvalue weighted by molar-refractivity contribution is 7.92. The van der Waals surface area contributed by atoms with Gasteiger partial charge in [-0.1, -0.05) is 84.2 Å². The van der Waals surface area contributed by atoms with Gasteiger partial charge in [0, 0.05) is 51.3 Å². The number of carbonyl (C=O) groups excluding carboxylic acids is 2. The number of nitro groups is 1. The average molecular weight is 776 g/mol. The number of rotatable bonds is 15. The standard InChI is InChI=1S/C36H37Cl3N4O7S/c1-5-24(3)40-36(45)33(18-25-10-7-6-8-11-25)41(21-28-29(38)12-9-13-30(28)39)35(44)22-42(32-19-26(37)15-17-34(32)50-4)51(48,49)27-16-14-23(2)31(20-27)43(46)47/h6-17,19-20,24,33H,5,18,21-22H2,1-4H3,(H,40,45)/t24-,33-/m0/s1. The average Bonchev–Trinajstić information content (AvgIpc) is 3.09. The Labute approximate surface area is 312 Å². The number of aryl methyl sites for hydroxylation is 1. The van der Waals surface area contributed by atoms with Crippen LogP contribution in [0.5, 0.6) is 5.75 Å². The van der Waals surface area contributed by atoms with Crippen LogP contribution in [0.25, 0.3) is 0 Å². The lowest BCUT2D eigenvalue weighted by Crippen LogP contribution is -2.54. The van der Waals surface area contributed by atoms with Gasteiger partial charge in [-0.05, 0) is 62.2 Å². The van der Waals surface area contributed by atoms with Crippen LogP contribution in [0.2, 0.25) is 15.1 Å². The Bertz CT molecular complexity index is 2000. The van der Waals surface area contributed by atoms with Crippen LogP contribution in [0.3, 0.4) is 0 Å². The van der Waals surface area contributed by atoms with Gasteiger partial charge in [-0.15, -0.1) is 0 Å².